The van der Waals surface area contributed by atoms with E-state index in [1.807, 2.05) is 0 Å². The Hall–Kier alpha value is -2.22. The predicted molar refractivity (Wildman–Crippen MR) is 74.3 cm³/mol. The number of ether oxygens (including phenoxy) is 1. The minimum absolute atomic E-state index is 0.218. The summed E-state index contributed by atoms with van der Waals surface area (Å²) < 4.78 is 4.99. The number of aromatic nitrogens is 2. The van der Waals surface area contributed by atoms with Crippen LogP contribution >= 0.6 is 11.3 Å². The van der Waals surface area contributed by atoms with Gasteiger partial charge in [-0.3, -0.25) is 4.79 Å². The molecule has 8 heteroatoms. The molecule has 0 spiro atoms. The maximum absolute atomic E-state index is 11.9. The predicted octanol–water partition coefficient (Wildman–Crippen LogP) is 1.39. The van der Waals surface area contributed by atoms with Crippen molar-refractivity contribution in [2.45, 2.75) is 6.92 Å². The fraction of sp³-hybridized carbons (Fsp3) is 0.333. The summed E-state index contributed by atoms with van der Waals surface area (Å²) in [5.41, 5.74) is 0.361. The van der Waals surface area contributed by atoms with Gasteiger partial charge in [-0.05, 0) is 6.92 Å². The van der Waals surface area contributed by atoms with Gasteiger partial charge in [0.05, 0.1) is 17.6 Å². The van der Waals surface area contributed by atoms with E-state index in [1.165, 1.54) is 22.6 Å². The number of carboxylic acid groups (broad SMARTS) is 1. The molecule has 1 N–H and O–H groups in total. The van der Waals surface area contributed by atoms with Crippen molar-refractivity contribution in [2.75, 3.05) is 25.1 Å². The van der Waals surface area contributed by atoms with E-state index in [2.05, 4.69) is 9.97 Å². The molecule has 0 unspecified atom stereocenters. The average molecular weight is 295 g/mol. The number of carbonyl (C=O) groups is 2. The molecule has 0 aliphatic carbocycles. The lowest BCUT2D eigenvalue weighted by atomic mass is 10.2. The zero-order chi connectivity index (χ0) is 14.7. The summed E-state index contributed by atoms with van der Waals surface area (Å²) >= 11 is 1.29. The van der Waals surface area contributed by atoms with Crippen LogP contribution in [0.15, 0.2) is 11.7 Å². The third kappa shape index (κ3) is 2.69. The van der Waals surface area contributed by atoms with Crippen LogP contribution in [0.2, 0.25) is 0 Å². The summed E-state index contributed by atoms with van der Waals surface area (Å²) in [6.07, 6.45) is 1.35. The first kappa shape index (κ1) is 14.2. The van der Waals surface area contributed by atoms with Gasteiger partial charge in [0.15, 0.2) is 0 Å². The number of hydrogen-bond acceptors (Lipinski definition) is 7. The summed E-state index contributed by atoms with van der Waals surface area (Å²) in [5, 5.41) is 11.0. The molecule has 20 heavy (non-hydrogen) atoms. The minimum Gasteiger partial charge on any atom is -0.480 e. The molecule has 2 heterocycles. The van der Waals surface area contributed by atoms with Crippen molar-refractivity contribution in [1.82, 2.24) is 9.97 Å². The Kier molecular flexibility index (Phi) is 4.14. The largest absolute Gasteiger partial charge is 0.480 e. The number of aliphatic carboxylic acids is 1. The topological polar surface area (TPSA) is 92.6 Å². The van der Waals surface area contributed by atoms with Gasteiger partial charge in [-0.15, -0.1) is 11.3 Å². The average Bonchev–Trinajstić information content (AvgIpc) is 2.81. The Morgan fingerprint density at radius 2 is 2.20 bits per heavy atom. The van der Waals surface area contributed by atoms with Crippen molar-refractivity contribution in [3.8, 4) is 0 Å². The molecule has 0 aliphatic rings. The van der Waals surface area contributed by atoms with Gasteiger partial charge in [-0.25, -0.2) is 14.8 Å². The minimum atomic E-state index is -0.979. The molecule has 0 fully saturated rings. The lowest BCUT2D eigenvalue weighted by Gasteiger charge is -2.16. The molecule has 0 bridgehead atoms. The molecular formula is C12H13N3O4S. The second kappa shape index (κ2) is 5.83. The van der Waals surface area contributed by atoms with Crippen LogP contribution in [0.1, 0.15) is 17.3 Å². The van der Waals surface area contributed by atoms with Crippen LogP contribution in [0.4, 0.5) is 5.82 Å². The molecule has 0 radical (unpaired) electrons. The number of carbonyl (C=O) groups excluding carboxylic acids is 1. The highest BCUT2D eigenvalue weighted by Gasteiger charge is 2.20. The number of anilines is 1. The van der Waals surface area contributed by atoms with Gasteiger partial charge in [-0.1, -0.05) is 0 Å². The van der Waals surface area contributed by atoms with Gasteiger partial charge >= 0.3 is 11.9 Å². The van der Waals surface area contributed by atoms with E-state index in [4.69, 9.17) is 9.84 Å². The van der Waals surface area contributed by atoms with Crippen LogP contribution in [0.5, 0.6) is 0 Å². The van der Waals surface area contributed by atoms with Crippen LogP contribution in [-0.2, 0) is 9.53 Å². The number of carboxylic acids is 1. The molecular weight excluding hydrogens is 282 g/mol. The molecule has 0 saturated heterocycles. The highest BCUT2D eigenvalue weighted by Crippen LogP contribution is 2.31. The lowest BCUT2D eigenvalue weighted by Crippen LogP contribution is -2.26. The van der Waals surface area contributed by atoms with Crippen molar-refractivity contribution in [1.29, 1.82) is 0 Å². The van der Waals surface area contributed by atoms with Crippen molar-refractivity contribution >= 4 is 39.3 Å². The summed E-state index contributed by atoms with van der Waals surface area (Å²) in [5.74, 6) is -1.03. The zero-order valence-electron chi connectivity index (χ0n) is 11.0. The Balaban J connectivity index is 2.51. The van der Waals surface area contributed by atoms with E-state index >= 15 is 0 Å². The van der Waals surface area contributed by atoms with Crippen molar-refractivity contribution in [2.24, 2.45) is 0 Å². The van der Waals surface area contributed by atoms with Crippen LogP contribution in [0, 0.1) is 0 Å². The van der Waals surface area contributed by atoms with Gasteiger partial charge in [-0.2, -0.15) is 0 Å². The van der Waals surface area contributed by atoms with E-state index in [9.17, 15) is 9.59 Å². The maximum atomic E-state index is 11.9. The maximum Gasteiger partial charge on any atom is 0.339 e. The Morgan fingerprint density at radius 3 is 2.85 bits per heavy atom. The van der Waals surface area contributed by atoms with Crippen molar-refractivity contribution in [3.63, 3.8) is 0 Å². The summed E-state index contributed by atoms with van der Waals surface area (Å²) in [4.78, 5) is 33.0. The first-order valence-electron chi connectivity index (χ1n) is 5.86. The third-order valence-corrected chi connectivity index (χ3v) is 3.47. The van der Waals surface area contributed by atoms with Crippen molar-refractivity contribution in [3.05, 3.63) is 17.3 Å². The molecule has 0 saturated carbocycles. The fourth-order valence-corrected chi connectivity index (χ4v) is 2.66. The molecule has 0 aliphatic heterocycles. The number of thiophene rings is 1. The highest BCUT2D eigenvalue weighted by atomic mass is 32.1. The number of fused-ring (bicyclic) bond motifs is 1. The molecule has 0 atom stereocenters. The van der Waals surface area contributed by atoms with Crippen LogP contribution in [-0.4, -0.2) is 47.2 Å². The molecule has 106 valence electrons. The molecule has 0 aromatic carbocycles. The fourth-order valence-electron chi connectivity index (χ4n) is 1.79. The Morgan fingerprint density at radius 1 is 1.45 bits per heavy atom. The SMILES string of the molecule is CCOC(=O)c1csc2ncnc(N(C)CC(=O)O)c12. The second-order valence-corrected chi connectivity index (χ2v) is 4.86. The van der Waals surface area contributed by atoms with Crippen LogP contribution < -0.4 is 4.90 Å². The van der Waals surface area contributed by atoms with Gasteiger partial charge in [0, 0.05) is 12.4 Å². The van der Waals surface area contributed by atoms with Gasteiger partial charge in [0.1, 0.15) is 23.5 Å². The van der Waals surface area contributed by atoms with E-state index in [1.54, 1.807) is 19.4 Å². The molecule has 7 nitrogen and oxygen atoms in total. The highest BCUT2D eigenvalue weighted by molar-refractivity contribution is 7.17. The van der Waals surface area contributed by atoms with Gasteiger partial charge in [0.2, 0.25) is 0 Å². The number of likely N-dealkylation sites (N-methyl/N-ethyl adjacent to an activating group) is 1. The standard InChI is InChI=1S/C12H13N3O4S/c1-3-19-12(18)7-5-20-11-9(7)10(13-6-14-11)15(2)4-8(16)17/h5-6H,3-4H2,1-2H3,(H,16,17). The Labute approximate surface area is 118 Å². The molecule has 2 rings (SSSR count). The summed E-state index contributed by atoms with van der Waals surface area (Å²) in [6, 6.07) is 0. The smallest absolute Gasteiger partial charge is 0.339 e. The third-order valence-electron chi connectivity index (χ3n) is 2.58. The van der Waals surface area contributed by atoms with Crippen molar-refractivity contribution < 1.29 is 19.4 Å². The number of hydrogen-bond donors (Lipinski definition) is 1. The number of rotatable bonds is 5. The van der Waals surface area contributed by atoms with E-state index in [0.29, 0.717) is 21.6 Å². The number of esters is 1. The van der Waals surface area contributed by atoms with E-state index in [0.717, 1.165) is 0 Å². The second-order valence-electron chi connectivity index (χ2n) is 4.00. The van der Waals surface area contributed by atoms with Crippen LogP contribution in [0.3, 0.4) is 0 Å². The number of nitrogens with zero attached hydrogens (tertiary/aromatic N) is 3. The van der Waals surface area contributed by atoms with Crippen LogP contribution in [0.25, 0.3) is 10.2 Å². The first-order valence-corrected chi connectivity index (χ1v) is 6.74. The Bertz CT molecular complexity index is 655. The molecule has 0 amide bonds. The summed E-state index contributed by atoms with van der Waals surface area (Å²) in [7, 11) is 1.60. The van der Waals surface area contributed by atoms with Gasteiger partial charge < -0.3 is 14.7 Å². The zero-order valence-corrected chi connectivity index (χ0v) is 11.8. The van der Waals surface area contributed by atoms with Gasteiger partial charge in [0.25, 0.3) is 0 Å². The first-order chi connectivity index (χ1) is 9.54. The van der Waals surface area contributed by atoms with E-state index in [-0.39, 0.29) is 13.2 Å². The quantitative estimate of drug-likeness (QED) is 0.833. The van der Waals surface area contributed by atoms with E-state index < -0.39 is 11.9 Å². The summed E-state index contributed by atoms with van der Waals surface area (Å²) in [6.45, 7) is 1.77. The lowest BCUT2D eigenvalue weighted by molar-refractivity contribution is -0.135. The monoisotopic (exact) mass is 295 g/mol. The molecule has 2 aromatic rings. The normalized spacial score (nSPS) is 10.5. The molecule has 2 aromatic heterocycles.